The molecule has 0 amide bonds. The van der Waals surface area contributed by atoms with Gasteiger partial charge in [-0.3, -0.25) is 0 Å². The van der Waals surface area contributed by atoms with Crippen LogP contribution in [0.2, 0.25) is 0 Å². The normalized spacial score (nSPS) is 14.1. The van der Waals surface area contributed by atoms with Crippen LogP contribution in [-0.4, -0.2) is 9.97 Å². The summed E-state index contributed by atoms with van der Waals surface area (Å²) in [7, 11) is 0. The summed E-state index contributed by atoms with van der Waals surface area (Å²) in [6.07, 6.45) is 0. The molecular weight excluding hydrogens is 364 g/mol. The average Bonchev–Trinajstić information content (AvgIpc) is 3.01. The van der Waals surface area contributed by atoms with Gasteiger partial charge in [0.2, 0.25) is 0 Å². The van der Waals surface area contributed by atoms with E-state index in [0.717, 1.165) is 27.8 Å². The summed E-state index contributed by atoms with van der Waals surface area (Å²) in [5.41, 5.74) is 10.4. The maximum absolute atomic E-state index is 5.13. The van der Waals surface area contributed by atoms with Gasteiger partial charge in [0.15, 0.2) is 0 Å². The second-order valence-corrected chi connectivity index (χ2v) is 8.71. The average molecular weight is 386 g/mol. The number of rotatable bonds is 1. The van der Waals surface area contributed by atoms with Crippen molar-refractivity contribution in [2.45, 2.75) is 26.2 Å². The van der Waals surface area contributed by atoms with Crippen molar-refractivity contribution in [2.75, 3.05) is 0 Å². The molecule has 0 radical (unpaired) electrons. The summed E-state index contributed by atoms with van der Waals surface area (Å²) >= 11 is 0. The monoisotopic (exact) mass is 386 g/mol. The van der Waals surface area contributed by atoms with Crippen molar-refractivity contribution < 1.29 is 0 Å². The van der Waals surface area contributed by atoms with Gasteiger partial charge >= 0.3 is 0 Å². The summed E-state index contributed by atoms with van der Waals surface area (Å²) in [5.74, 6) is 0. The van der Waals surface area contributed by atoms with Crippen LogP contribution in [-0.2, 0) is 5.41 Å². The smallest absolute Gasteiger partial charge is 0.0968 e. The molecule has 1 aromatic heterocycles. The Morgan fingerprint density at radius 2 is 1.40 bits per heavy atom. The number of fused-ring (bicyclic) bond motifs is 6. The van der Waals surface area contributed by atoms with E-state index in [1.165, 1.54) is 33.2 Å². The minimum atomic E-state index is -0.0175. The van der Waals surface area contributed by atoms with Crippen LogP contribution in [0, 0.1) is 6.92 Å². The molecule has 30 heavy (non-hydrogen) atoms. The van der Waals surface area contributed by atoms with Gasteiger partial charge in [-0.2, -0.15) is 0 Å². The second kappa shape index (κ2) is 5.99. The molecule has 144 valence electrons. The van der Waals surface area contributed by atoms with E-state index in [2.05, 4.69) is 99.6 Å². The Labute approximate surface area is 176 Å². The number of nitrogens with zero attached hydrogens (tertiary/aromatic N) is 2. The molecule has 1 aliphatic rings. The molecule has 0 spiro atoms. The van der Waals surface area contributed by atoms with Crippen LogP contribution >= 0.6 is 0 Å². The molecule has 0 aliphatic heterocycles. The highest BCUT2D eigenvalue weighted by molar-refractivity contribution is 6.04. The van der Waals surface area contributed by atoms with E-state index in [-0.39, 0.29) is 5.41 Å². The maximum atomic E-state index is 5.13. The fourth-order valence-electron chi connectivity index (χ4n) is 5.08. The maximum Gasteiger partial charge on any atom is 0.0968 e. The van der Waals surface area contributed by atoms with Crippen molar-refractivity contribution >= 4 is 21.8 Å². The first-order chi connectivity index (χ1) is 14.6. The van der Waals surface area contributed by atoms with E-state index in [4.69, 9.17) is 9.97 Å². The third-order valence-electron chi connectivity index (χ3n) is 6.60. The lowest BCUT2D eigenvalue weighted by molar-refractivity contribution is 0.660. The summed E-state index contributed by atoms with van der Waals surface area (Å²) in [5, 5.41) is 2.35. The largest absolute Gasteiger partial charge is 0.249 e. The van der Waals surface area contributed by atoms with Crippen molar-refractivity contribution in [3.63, 3.8) is 0 Å². The van der Waals surface area contributed by atoms with E-state index in [1.807, 2.05) is 0 Å². The molecule has 4 aromatic carbocycles. The number of hydrogen-bond donors (Lipinski definition) is 0. The minimum absolute atomic E-state index is 0.0175. The Hall–Kier alpha value is -3.52. The lowest BCUT2D eigenvalue weighted by atomic mass is 9.82. The molecule has 0 atom stereocenters. The Balaban J connectivity index is 1.67. The molecule has 1 heterocycles. The molecule has 6 rings (SSSR count). The molecule has 0 saturated heterocycles. The van der Waals surface area contributed by atoms with Crippen molar-refractivity contribution in [2.24, 2.45) is 0 Å². The van der Waals surface area contributed by atoms with Crippen LogP contribution in [0.25, 0.3) is 44.2 Å². The summed E-state index contributed by atoms with van der Waals surface area (Å²) in [6.45, 7) is 6.70. The van der Waals surface area contributed by atoms with Gasteiger partial charge in [-0.05, 0) is 40.6 Å². The summed E-state index contributed by atoms with van der Waals surface area (Å²) < 4.78 is 0. The lowest BCUT2D eigenvalue weighted by Gasteiger charge is -2.21. The predicted molar refractivity (Wildman–Crippen MR) is 125 cm³/mol. The fraction of sp³-hybridized carbons (Fsp3) is 0.143. The number of aryl methyl sites for hydroxylation is 1. The van der Waals surface area contributed by atoms with E-state index in [9.17, 15) is 0 Å². The third-order valence-corrected chi connectivity index (χ3v) is 6.60. The van der Waals surface area contributed by atoms with Crippen LogP contribution in [0.4, 0.5) is 0 Å². The first kappa shape index (κ1) is 17.3. The van der Waals surface area contributed by atoms with Crippen molar-refractivity contribution in [1.29, 1.82) is 0 Å². The second-order valence-electron chi connectivity index (χ2n) is 8.71. The van der Waals surface area contributed by atoms with Gasteiger partial charge in [0, 0.05) is 16.4 Å². The van der Waals surface area contributed by atoms with Gasteiger partial charge in [-0.25, -0.2) is 9.97 Å². The molecule has 2 heteroatoms. The van der Waals surface area contributed by atoms with Crippen LogP contribution in [0.15, 0.2) is 78.9 Å². The highest BCUT2D eigenvalue weighted by Crippen LogP contribution is 2.51. The van der Waals surface area contributed by atoms with Crippen molar-refractivity contribution in [3.05, 3.63) is 95.7 Å². The molecule has 0 unspecified atom stereocenters. The van der Waals surface area contributed by atoms with E-state index < -0.39 is 0 Å². The van der Waals surface area contributed by atoms with Gasteiger partial charge in [0.1, 0.15) is 0 Å². The first-order valence-electron chi connectivity index (χ1n) is 10.5. The molecule has 0 N–H and O–H groups in total. The predicted octanol–water partition coefficient (Wildman–Crippen LogP) is 7.06. The zero-order chi connectivity index (χ0) is 20.5. The SMILES string of the molecule is Cc1nc2c(ccc3ccccc32)nc1-c1cccc2c1-c1ccccc1C2(C)C. The molecule has 0 saturated carbocycles. The Morgan fingerprint density at radius 1 is 0.667 bits per heavy atom. The van der Waals surface area contributed by atoms with Gasteiger partial charge in [0.05, 0.1) is 22.4 Å². The van der Waals surface area contributed by atoms with E-state index in [0.29, 0.717) is 0 Å². The van der Waals surface area contributed by atoms with Crippen LogP contribution in [0.1, 0.15) is 30.7 Å². The van der Waals surface area contributed by atoms with Gasteiger partial charge in [-0.15, -0.1) is 0 Å². The first-order valence-corrected chi connectivity index (χ1v) is 10.5. The minimum Gasteiger partial charge on any atom is -0.249 e. The third kappa shape index (κ3) is 2.25. The Bertz CT molecular complexity index is 1480. The standard InChI is InChI=1S/C28H22N2/c1-17-26(30-24-16-15-18-9-4-5-10-19(18)27(24)29-17)21-12-8-14-23-25(21)20-11-6-7-13-22(20)28(23,2)3/h4-16H,1-3H3. The van der Waals surface area contributed by atoms with Crippen molar-refractivity contribution in [1.82, 2.24) is 9.97 Å². The van der Waals surface area contributed by atoms with Crippen molar-refractivity contribution in [3.8, 4) is 22.4 Å². The quantitative estimate of drug-likeness (QED) is 0.288. The van der Waals surface area contributed by atoms with Crippen LogP contribution in [0.5, 0.6) is 0 Å². The lowest BCUT2D eigenvalue weighted by Crippen LogP contribution is -2.14. The van der Waals surface area contributed by atoms with E-state index in [1.54, 1.807) is 0 Å². The van der Waals surface area contributed by atoms with E-state index >= 15 is 0 Å². The van der Waals surface area contributed by atoms with Gasteiger partial charge in [0.25, 0.3) is 0 Å². The molecule has 1 aliphatic carbocycles. The topological polar surface area (TPSA) is 25.8 Å². The zero-order valence-electron chi connectivity index (χ0n) is 17.4. The molecular formula is C28H22N2. The number of hydrogen-bond acceptors (Lipinski definition) is 2. The molecule has 5 aromatic rings. The highest BCUT2D eigenvalue weighted by Gasteiger charge is 2.36. The Morgan fingerprint density at radius 3 is 2.30 bits per heavy atom. The van der Waals surface area contributed by atoms with Crippen LogP contribution in [0.3, 0.4) is 0 Å². The Kier molecular flexibility index (Phi) is 3.47. The molecule has 0 fully saturated rings. The zero-order valence-corrected chi connectivity index (χ0v) is 17.4. The number of benzene rings is 4. The van der Waals surface area contributed by atoms with Gasteiger partial charge < -0.3 is 0 Å². The number of aromatic nitrogens is 2. The highest BCUT2D eigenvalue weighted by atomic mass is 14.8. The van der Waals surface area contributed by atoms with Gasteiger partial charge in [-0.1, -0.05) is 86.6 Å². The fourth-order valence-corrected chi connectivity index (χ4v) is 5.08. The van der Waals surface area contributed by atoms with Crippen LogP contribution < -0.4 is 0 Å². The summed E-state index contributed by atoms with van der Waals surface area (Å²) in [6, 6.07) is 28.0. The molecule has 0 bridgehead atoms. The summed E-state index contributed by atoms with van der Waals surface area (Å²) in [4.78, 5) is 10.2. The molecule has 2 nitrogen and oxygen atoms in total.